The molecule has 1 unspecified atom stereocenters. The lowest BCUT2D eigenvalue weighted by Crippen LogP contribution is -2.41. The number of nitrogens with one attached hydrogen (secondary N) is 1. The van der Waals surface area contributed by atoms with E-state index in [-0.39, 0.29) is 11.7 Å². The normalized spacial score (nSPS) is 20.2. The lowest BCUT2D eigenvalue weighted by Gasteiger charge is -2.32. The Bertz CT molecular complexity index is 753. The third kappa shape index (κ3) is 5.17. The molecule has 1 aliphatic heterocycles. The average Bonchev–Trinajstić information content (AvgIpc) is 3.16. The van der Waals surface area contributed by atoms with Gasteiger partial charge in [-0.15, -0.1) is 0 Å². The topological polar surface area (TPSA) is 124 Å². The summed E-state index contributed by atoms with van der Waals surface area (Å²) in [6.45, 7) is 9.71. The lowest BCUT2D eigenvalue weighted by molar-refractivity contribution is 0.0858. The van der Waals surface area contributed by atoms with Gasteiger partial charge in [0.1, 0.15) is 5.69 Å². The first-order valence-corrected chi connectivity index (χ1v) is 10.7. The molecule has 3 rings (SSSR count). The van der Waals surface area contributed by atoms with Crippen molar-refractivity contribution in [3.8, 4) is 0 Å². The Morgan fingerprint density at radius 2 is 2.17 bits per heavy atom. The van der Waals surface area contributed by atoms with E-state index >= 15 is 0 Å². The Morgan fingerprint density at radius 1 is 1.37 bits per heavy atom. The van der Waals surface area contributed by atoms with Crippen LogP contribution < -0.4 is 16.0 Å². The summed E-state index contributed by atoms with van der Waals surface area (Å²) in [5.41, 5.74) is 6.52. The van der Waals surface area contributed by atoms with Gasteiger partial charge in [-0.25, -0.2) is 15.0 Å². The zero-order valence-corrected chi connectivity index (χ0v) is 18.0. The zero-order chi connectivity index (χ0) is 21.5. The van der Waals surface area contributed by atoms with Gasteiger partial charge < -0.3 is 25.9 Å². The van der Waals surface area contributed by atoms with Gasteiger partial charge in [0, 0.05) is 32.8 Å². The van der Waals surface area contributed by atoms with Crippen molar-refractivity contribution < 1.29 is 9.94 Å². The Labute approximate surface area is 178 Å². The van der Waals surface area contributed by atoms with Crippen LogP contribution in [-0.4, -0.2) is 78.7 Å². The Morgan fingerprint density at radius 3 is 2.80 bits per heavy atom. The first kappa shape index (κ1) is 22.2. The number of oxime groups is 1. The van der Waals surface area contributed by atoms with Crippen LogP contribution in [0.1, 0.15) is 44.9 Å². The van der Waals surface area contributed by atoms with E-state index in [0.29, 0.717) is 30.3 Å². The van der Waals surface area contributed by atoms with Crippen LogP contribution in [0.25, 0.3) is 0 Å². The number of anilines is 2. The van der Waals surface area contributed by atoms with E-state index in [1.54, 1.807) is 0 Å². The standard InChI is InChI=1S/C20H34N8O2/c1-4-30-12-15-9-6-10-28(15)13-27(3)16-18(22-2)24-20(17(21)26-29)25-19(16)23-11-14-7-5-8-14/h14-15,29H,2,4-13H2,1,3H3,(H2,21,26)(H,23,24,25). The average molecular weight is 419 g/mol. The fourth-order valence-electron chi connectivity index (χ4n) is 3.99. The first-order valence-electron chi connectivity index (χ1n) is 10.7. The zero-order valence-electron chi connectivity index (χ0n) is 18.0. The van der Waals surface area contributed by atoms with E-state index in [1.165, 1.54) is 19.3 Å². The molecule has 4 N–H and O–H groups in total. The number of amidine groups is 1. The summed E-state index contributed by atoms with van der Waals surface area (Å²) < 4.78 is 5.67. The van der Waals surface area contributed by atoms with Crippen LogP contribution in [0.15, 0.2) is 10.1 Å². The second-order valence-corrected chi connectivity index (χ2v) is 8.00. The summed E-state index contributed by atoms with van der Waals surface area (Å²) in [6.07, 6.45) is 6.00. The van der Waals surface area contributed by atoms with Crippen LogP contribution in [0, 0.1) is 5.92 Å². The summed E-state index contributed by atoms with van der Waals surface area (Å²) in [6, 6.07) is 0.399. The molecule has 1 aromatic heterocycles. The van der Waals surface area contributed by atoms with E-state index in [2.05, 4.69) is 42.0 Å². The number of hydrogen-bond acceptors (Lipinski definition) is 9. The number of likely N-dealkylation sites (tertiary alicyclic amines) is 1. The molecule has 1 aromatic rings. The number of aliphatic imine (C=N–C) groups is 1. The Balaban J connectivity index is 1.85. The lowest BCUT2D eigenvalue weighted by atomic mass is 9.85. The van der Waals surface area contributed by atoms with Crippen molar-refractivity contribution in [3.05, 3.63) is 5.82 Å². The van der Waals surface area contributed by atoms with Crippen LogP contribution in [0.3, 0.4) is 0 Å². The number of nitrogens with zero attached hydrogens (tertiary/aromatic N) is 6. The first-order chi connectivity index (χ1) is 14.6. The number of nitrogens with two attached hydrogens (primary N) is 1. The summed E-state index contributed by atoms with van der Waals surface area (Å²) in [4.78, 5) is 17.5. The summed E-state index contributed by atoms with van der Waals surface area (Å²) in [5.74, 6) is 1.65. The van der Waals surface area contributed by atoms with Crippen molar-refractivity contribution in [1.29, 1.82) is 0 Å². The maximum absolute atomic E-state index is 9.06. The maximum atomic E-state index is 9.06. The highest BCUT2D eigenvalue weighted by molar-refractivity contribution is 5.95. The van der Waals surface area contributed by atoms with Crippen LogP contribution >= 0.6 is 0 Å². The van der Waals surface area contributed by atoms with Gasteiger partial charge in [-0.1, -0.05) is 11.6 Å². The molecule has 2 aliphatic rings. The van der Waals surface area contributed by atoms with Crippen molar-refractivity contribution in [1.82, 2.24) is 14.9 Å². The molecule has 0 bridgehead atoms. The maximum Gasteiger partial charge on any atom is 0.208 e. The number of ether oxygens (including phenoxy) is 1. The van der Waals surface area contributed by atoms with Crippen molar-refractivity contribution in [2.24, 2.45) is 21.8 Å². The molecule has 1 saturated heterocycles. The second kappa shape index (κ2) is 10.5. The van der Waals surface area contributed by atoms with Crippen LogP contribution in [0.2, 0.25) is 0 Å². The molecule has 2 fully saturated rings. The van der Waals surface area contributed by atoms with Crippen LogP contribution in [-0.2, 0) is 4.74 Å². The van der Waals surface area contributed by atoms with Crippen molar-refractivity contribution in [2.75, 3.05) is 50.2 Å². The van der Waals surface area contributed by atoms with Gasteiger partial charge >= 0.3 is 0 Å². The van der Waals surface area contributed by atoms with E-state index in [9.17, 15) is 0 Å². The minimum absolute atomic E-state index is 0.128. The van der Waals surface area contributed by atoms with Crippen molar-refractivity contribution in [2.45, 2.75) is 45.1 Å². The van der Waals surface area contributed by atoms with Gasteiger partial charge in [0.25, 0.3) is 0 Å². The summed E-state index contributed by atoms with van der Waals surface area (Å²) in [5, 5.41) is 15.5. The molecule has 1 saturated carbocycles. The van der Waals surface area contributed by atoms with Crippen molar-refractivity contribution in [3.63, 3.8) is 0 Å². The predicted molar refractivity (Wildman–Crippen MR) is 119 cm³/mol. The van der Waals surface area contributed by atoms with Gasteiger partial charge in [-0.2, -0.15) is 0 Å². The third-order valence-corrected chi connectivity index (χ3v) is 5.92. The highest BCUT2D eigenvalue weighted by Gasteiger charge is 2.28. The van der Waals surface area contributed by atoms with Gasteiger partial charge in [-0.05, 0) is 45.2 Å². The molecule has 10 heteroatoms. The van der Waals surface area contributed by atoms with E-state index < -0.39 is 0 Å². The van der Waals surface area contributed by atoms with Crippen LogP contribution in [0.4, 0.5) is 17.3 Å². The van der Waals surface area contributed by atoms with Gasteiger partial charge in [0.2, 0.25) is 11.7 Å². The second-order valence-electron chi connectivity index (χ2n) is 8.00. The smallest absolute Gasteiger partial charge is 0.208 e. The monoisotopic (exact) mass is 418 g/mol. The van der Waals surface area contributed by atoms with E-state index in [0.717, 1.165) is 44.8 Å². The molecule has 10 nitrogen and oxygen atoms in total. The third-order valence-electron chi connectivity index (χ3n) is 5.92. The highest BCUT2D eigenvalue weighted by atomic mass is 16.5. The highest BCUT2D eigenvalue weighted by Crippen LogP contribution is 2.35. The largest absolute Gasteiger partial charge is 0.409 e. The van der Waals surface area contributed by atoms with E-state index in [4.69, 9.17) is 15.7 Å². The number of hydrogen-bond donors (Lipinski definition) is 3. The van der Waals surface area contributed by atoms with Gasteiger partial charge in [-0.3, -0.25) is 4.90 Å². The van der Waals surface area contributed by atoms with Crippen LogP contribution in [0.5, 0.6) is 0 Å². The van der Waals surface area contributed by atoms with Gasteiger partial charge in [0.15, 0.2) is 11.6 Å². The molecule has 0 spiro atoms. The van der Waals surface area contributed by atoms with Gasteiger partial charge in [0.05, 0.1) is 13.3 Å². The predicted octanol–water partition coefficient (Wildman–Crippen LogP) is 2.01. The quantitative estimate of drug-likeness (QED) is 0.216. The summed E-state index contributed by atoms with van der Waals surface area (Å²) in [7, 11) is 2.00. The number of aromatic nitrogens is 2. The molecule has 0 radical (unpaired) electrons. The fourth-order valence-corrected chi connectivity index (χ4v) is 3.99. The number of rotatable bonds is 11. The molecule has 2 heterocycles. The molecule has 30 heavy (non-hydrogen) atoms. The molecule has 0 amide bonds. The fraction of sp³-hybridized carbons (Fsp3) is 0.700. The minimum atomic E-state index is -0.155. The molecule has 1 aliphatic carbocycles. The Hall–Kier alpha value is -2.46. The molecule has 0 aromatic carbocycles. The SMILES string of the molecule is C=Nc1nc(/C(N)=N/O)nc(NCC2CCC2)c1N(C)CN1CCCC1COCC. The van der Waals surface area contributed by atoms with Crippen molar-refractivity contribution >= 4 is 29.9 Å². The molecular formula is C20H34N8O2. The molecule has 1 atom stereocenters. The molecule has 166 valence electrons. The Kier molecular flexibility index (Phi) is 7.81. The molecular weight excluding hydrogens is 384 g/mol. The summed E-state index contributed by atoms with van der Waals surface area (Å²) >= 11 is 0. The van der Waals surface area contributed by atoms with E-state index in [1.807, 2.05) is 14.0 Å². The minimum Gasteiger partial charge on any atom is -0.409 e.